The van der Waals surface area contributed by atoms with Crippen LogP contribution in [0, 0.1) is 0 Å². The van der Waals surface area contributed by atoms with E-state index in [9.17, 15) is 4.79 Å². The van der Waals surface area contributed by atoms with Crippen molar-refractivity contribution < 1.29 is 14.3 Å². The highest BCUT2D eigenvalue weighted by Crippen LogP contribution is 2.31. The molecule has 29 heavy (non-hydrogen) atoms. The number of amides is 1. The van der Waals surface area contributed by atoms with Crippen LogP contribution in [0.5, 0.6) is 11.5 Å². The molecule has 0 fully saturated rings. The van der Waals surface area contributed by atoms with Gasteiger partial charge in [0.25, 0.3) is 5.91 Å². The molecule has 1 aliphatic heterocycles. The van der Waals surface area contributed by atoms with Crippen molar-refractivity contribution in [3.63, 3.8) is 0 Å². The molecule has 0 atom stereocenters. The monoisotopic (exact) mass is 510 g/mol. The fourth-order valence-corrected chi connectivity index (χ4v) is 2.90. The molecule has 0 bridgehead atoms. The lowest BCUT2D eigenvalue weighted by Crippen LogP contribution is -2.39. The number of para-hydroxylation sites is 2. The Balaban J connectivity index is 0.00000300. The maximum absolute atomic E-state index is 12.1. The first-order valence-electron chi connectivity index (χ1n) is 9.39. The van der Waals surface area contributed by atoms with Crippen molar-refractivity contribution in [1.29, 1.82) is 0 Å². The minimum absolute atomic E-state index is 0. The third kappa shape index (κ3) is 6.52. The molecule has 3 N–H and O–H groups in total. The van der Waals surface area contributed by atoms with E-state index in [2.05, 4.69) is 10.3 Å². The van der Waals surface area contributed by atoms with Crippen molar-refractivity contribution in [2.24, 2.45) is 10.7 Å². The molecular weight excluding hydrogens is 483 g/mol. The molecule has 0 aromatic heterocycles. The van der Waals surface area contributed by atoms with Gasteiger partial charge in [0.2, 0.25) is 0 Å². The lowest BCUT2D eigenvalue weighted by molar-refractivity contribution is -0.121. The Bertz CT molecular complexity index is 840. The van der Waals surface area contributed by atoms with Crippen LogP contribution in [-0.2, 0) is 4.79 Å². The van der Waals surface area contributed by atoms with Gasteiger partial charge in [0.1, 0.15) is 11.5 Å². The zero-order chi connectivity index (χ0) is 19.9. The number of carbonyl (C=O) groups is 1. The van der Waals surface area contributed by atoms with E-state index < -0.39 is 0 Å². The van der Waals surface area contributed by atoms with Crippen LogP contribution in [0.3, 0.4) is 0 Å². The Morgan fingerprint density at radius 3 is 2.69 bits per heavy atom. The average Bonchev–Trinajstić information content (AvgIpc) is 2.67. The summed E-state index contributed by atoms with van der Waals surface area (Å²) in [6, 6.07) is 15.1. The highest BCUT2D eigenvalue weighted by molar-refractivity contribution is 14.0. The molecule has 8 heteroatoms. The number of aliphatic imine (C=N–C) groups is 1. The fourth-order valence-electron chi connectivity index (χ4n) is 2.90. The number of hydrogen-bond acceptors (Lipinski definition) is 4. The predicted octanol–water partition coefficient (Wildman–Crippen LogP) is 3.63. The number of anilines is 2. The number of ether oxygens (including phenoxy) is 2. The van der Waals surface area contributed by atoms with E-state index in [-0.39, 0.29) is 42.6 Å². The first-order valence-corrected chi connectivity index (χ1v) is 9.39. The van der Waals surface area contributed by atoms with Crippen LogP contribution >= 0.6 is 24.0 Å². The Morgan fingerprint density at radius 2 is 1.97 bits per heavy atom. The van der Waals surface area contributed by atoms with E-state index in [0.29, 0.717) is 25.5 Å². The minimum Gasteiger partial charge on any atom is -0.491 e. The standard InChI is InChI=1S/C21H26N4O3.HI/c1-15(2)28-17-10-8-16(9-11-17)24-21(22)23-12-5-13-25-18-6-3-4-7-19(18)27-14-20(25)26;/h3-4,6-11,15H,5,12-14H2,1-2H3,(H3,22,23,24);1H. The second kappa shape index (κ2) is 10.9. The molecule has 0 saturated carbocycles. The van der Waals surface area contributed by atoms with E-state index >= 15 is 0 Å². The summed E-state index contributed by atoms with van der Waals surface area (Å²) in [5, 5.41) is 3.06. The van der Waals surface area contributed by atoms with Crippen molar-refractivity contribution in [2.45, 2.75) is 26.4 Å². The van der Waals surface area contributed by atoms with Crippen molar-refractivity contribution in [3.05, 3.63) is 48.5 Å². The topological polar surface area (TPSA) is 89.2 Å². The smallest absolute Gasteiger partial charge is 0.265 e. The van der Waals surface area contributed by atoms with Crippen LogP contribution < -0.4 is 25.4 Å². The van der Waals surface area contributed by atoms with Crippen LogP contribution in [0.4, 0.5) is 11.4 Å². The van der Waals surface area contributed by atoms with Gasteiger partial charge >= 0.3 is 0 Å². The Hall–Kier alpha value is -2.49. The summed E-state index contributed by atoms with van der Waals surface area (Å²) in [6.07, 6.45) is 0.833. The van der Waals surface area contributed by atoms with Crippen LogP contribution in [0.1, 0.15) is 20.3 Å². The third-order valence-corrected chi connectivity index (χ3v) is 4.13. The minimum atomic E-state index is -0.0440. The number of guanidine groups is 1. The molecule has 7 nitrogen and oxygen atoms in total. The molecular formula is C21H27IN4O3. The number of nitrogens with one attached hydrogen (secondary N) is 1. The summed E-state index contributed by atoms with van der Waals surface area (Å²) in [5.41, 5.74) is 7.60. The molecule has 0 spiro atoms. The summed E-state index contributed by atoms with van der Waals surface area (Å²) in [7, 11) is 0. The maximum Gasteiger partial charge on any atom is 0.265 e. The van der Waals surface area contributed by atoms with Crippen molar-refractivity contribution in [3.8, 4) is 11.5 Å². The lowest BCUT2D eigenvalue weighted by atomic mass is 10.2. The van der Waals surface area contributed by atoms with E-state index in [0.717, 1.165) is 22.9 Å². The Morgan fingerprint density at radius 1 is 1.24 bits per heavy atom. The van der Waals surface area contributed by atoms with Crippen molar-refractivity contribution >= 4 is 47.2 Å². The maximum atomic E-state index is 12.1. The normalized spacial score (nSPS) is 13.4. The van der Waals surface area contributed by atoms with Gasteiger partial charge in [-0.05, 0) is 56.7 Å². The summed E-state index contributed by atoms with van der Waals surface area (Å²) in [4.78, 5) is 18.2. The average molecular weight is 510 g/mol. The zero-order valence-corrected chi connectivity index (χ0v) is 19.0. The second-order valence-electron chi connectivity index (χ2n) is 6.74. The van der Waals surface area contributed by atoms with Crippen molar-refractivity contribution in [2.75, 3.05) is 29.9 Å². The lowest BCUT2D eigenvalue weighted by Gasteiger charge is -2.29. The van der Waals surface area contributed by atoms with E-state index in [1.165, 1.54) is 0 Å². The number of hydrogen-bond donors (Lipinski definition) is 2. The van der Waals surface area contributed by atoms with Crippen LogP contribution in [0.25, 0.3) is 0 Å². The van der Waals surface area contributed by atoms with Gasteiger partial charge in [-0.3, -0.25) is 9.79 Å². The number of halogens is 1. The van der Waals surface area contributed by atoms with Gasteiger partial charge < -0.3 is 25.4 Å². The summed E-state index contributed by atoms with van der Waals surface area (Å²) in [5.74, 6) is 1.84. The van der Waals surface area contributed by atoms with Crippen LogP contribution in [0.2, 0.25) is 0 Å². The van der Waals surface area contributed by atoms with Gasteiger partial charge in [0.05, 0.1) is 11.8 Å². The van der Waals surface area contributed by atoms with Gasteiger partial charge in [-0.25, -0.2) is 0 Å². The molecule has 1 amide bonds. The Kier molecular flexibility index (Phi) is 8.56. The molecule has 2 aromatic rings. The van der Waals surface area contributed by atoms with Crippen LogP contribution in [-0.4, -0.2) is 37.7 Å². The number of rotatable bonds is 7. The molecule has 1 aliphatic rings. The molecule has 2 aromatic carbocycles. The molecule has 0 aliphatic carbocycles. The molecule has 156 valence electrons. The number of carbonyl (C=O) groups excluding carboxylic acids is 1. The van der Waals surface area contributed by atoms with Crippen LogP contribution in [0.15, 0.2) is 53.5 Å². The third-order valence-electron chi connectivity index (χ3n) is 4.13. The molecule has 0 saturated heterocycles. The quantitative estimate of drug-likeness (QED) is 0.257. The second-order valence-corrected chi connectivity index (χ2v) is 6.74. The van der Waals surface area contributed by atoms with Gasteiger partial charge in [0.15, 0.2) is 12.6 Å². The molecule has 3 rings (SSSR count). The predicted molar refractivity (Wildman–Crippen MR) is 127 cm³/mol. The zero-order valence-electron chi connectivity index (χ0n) is 16.6. The first-order chi connectivity index (χ1) is 13.5. The molecule has 0 unspecified atom stereocenters. The molecule has 0 radical (unpaired) electrons. The van der Waals surface area contributed by atoms with Gasteiger partial charge in [-0.15, -0.1) is 24.0 Å². The number of nitrogens with zero attached hydrogens (tertiary/aromatic N) is 2. The number of nitrogens with two attached hydrogens (primary N) is 1. The number of fused-ring (bicyclic) bond motifs is 1. The van der Waals surface area contributed by atoms with Crippen molar-refractivity contribution in [1.82, 2.24) is 0 Å². The summed E-state index contributed by atoms with van der Waals surface area (Å²) < 4.78 is 11.1. The highest BCUT2D eigenvalue weighted by Gasteiger charge is 2.24. The van der Waals surface area contributed by atoms with Gasteiger partial charge in [0, 0.05) is 18.8 Å². The van der Waals surface area contributed by atoms with Gasteiger partial charge in [-0.2, -0.15) is 0 Å². The Labute approximate surface area is 188 Å². The summed E-state index contributed by atoms with van der Waals surface area (Å²) >= 11 is 0. The highest BCUT2D eigenvalue weighted by atomic mass is 127. The fraction of sp³-hybridized carbons (Fsp3) is 0.333. The van der Waals surface area contributed by atoms with E-state index in [1.54, 1.807) is 4.90 Å². The SMILES string of the molecule is CC(C)Oc1ccc(NC(N)=NCCCN2C(=O)COc3ccccc32)cc1.I. The molecule has 1 heterocycles. The largest absolute Gasteiger partial charge is 0.491 e. The van der Waals surface area contributed by atoms with E-state index in [1.807, 2.05) is 62.4 Å². The number of benzene rings is 2. The summed E-state index contributed by atoms with van der Waals surface area (Å²) in [6.45, 7) is 5.12. The van der Waals surface area contributed by atoms with Gasteiger partial charge in [-0.1, -0.05) is 12.1 Å². The van der Waals surface area contributed by atoms with E-state index in [4.69, 9.17) is 15.2 Å². The first kappa shape index (κ1) is 22.8.